The Balaban J connectivity index is 2.08. The second-order valence-corrected chi connectivity index (χ2v) is 5.61. The maximum Gasteiger partial charge on any atom is 0.129 e. The lowest BCUT2D eigenvalue weighted by Crippen LogP contribution is -2.41. The molecule has 2 rings (SSSR count). The van der Waals surface area contributed by atoms with Crippen LogP contribution in [0.25, 0.3) is 0 Å². The van der Waals surface area contributed by atoms with Crippen molar-refractivity contribution in [2.45, 2.75) is 31.4 Å². The van der Waals surface area contributed by atoms with Crippen LogP contribution < -0.4 is 11.1 Å². The van der Waals surface area contributed by atoms with Gasteiger partial charge in [-0.25, -0.2) is 4.39 Å². The van der Waals surface area contributed by atoms with Crippen molar-refractivity contribution >= 4 is 11.6 Å². The van der Waals surface area contributed by atoms with E-state index >= 15 is 0 Å². The van der Waals surface area contributed by atoms with Crippen molar-refractivity contribution in [3.05, 3.63) is 34.6 Å². The van der Waals surface area contributed by atoms with Gasteiger partial charge in [0.2, 0.25) is 0 Å². The van der Waals surface area contributed by atoms with Crippen molar-refractivity contribution < 1.29 is 9.13 Å². The van der Waals surface area contributed by atoms with E-state index in [0.29, 0.717) is 17.1 Å². The van der Waals surface area contributed by atoms with Gasteiger partial charge in [0.15, 0.2) is 0 Å². The smallest absolute Gasteiger partial charge is 0.129 e. The van der Waals surface area contributed by atoms with E-state index in [2.05, 4.69) is 12.2 Å². The summed E-state index contributed by atoms with van der Waals surface area (Å²) in [6, 6.07) is 4.38. The quantitative estimate of drug-likeness (QED) is 0.875. The molecule has 1 aromatic carbocycles. The zero-order valence-corrected chi connectivity index (χ0v) is 11.8. The summed E-state index contributed by atoms with van der Waals surface area (Å²) in [5.41, 5.74) is 5.99. The number of ether oxygens (including phenoxy) is 1. The lowest BCUT2D eigenvalue weighted by molar-refractivity contribution is 0.0188. The van der Waals surface area contributed by atoms with E-state index in [1.165, 1.54) is 6.07 Å². The van der Waals surface area contributed by atoms with Crippen LogP contribution in [-0.4, -0.2) is 25.3 Å². The van der Waals surface area contributed by atoms with Crippen molar-refractivity contribution in [2.75, 3.05) is 19.7 Å². The summed E-state index contributed by atoms with van der Waals surface area (Å²) in [5.74, 6) is -0.326. The highest BCUT2D eigenvalue weighted by Gasteiger charge is 2.30. The Morgan fingerprint density at radius 3 is 2.95 bits per heavy atom. The number of nitrogens with two attached hydrogens (primary N) is 1. The summed E-state index contributed by atoms with van der Waals surface area (Å²) in [7, 11) is 0. The molecule has 0 bridgehead atoms. The number of rotatable bonds is 5. The van der Waals surface area contributed by atoms with Gasteiger partial charge in [-0.2, -0.15) is 0 Å². The molecule has 1 saturated heterocycles. The van der Waals surface area contributed by atoms with Crippen molar-refractivity contribution in [3.63, 3.8) is 0 Å². The van der Waals surface area contributed by atoms with Crippen LogP contribution >= 0.6 is 11.6 Å². The standard InChI is InChI=1S/C14H20ClFN2O/c1-14(6-3-7-19-14)9-18-12(8-17)13-10(15)4-2-5-11(13)16/h2,4-5,12,18H,3,6-9,17H2,1H3. The van der Waals surface area contributed by atoms with Gasteiger partial charge in [0.1, 0.15) is 5.82 Å². The van der Waals surface area contributed by atoms with Gasteiger partial charge < -0.3 is 15.8 Å². The third-order valence-electron chi connectivity index (χ3n) is 3.61. The molecular formula is C14H20ClFN2O. The molecule has 2 atom stereocenters. The zero-order valence-electron chi connectivity index (χ0n) is 11.1. The average Bonchev–Trinajstić information content (AvgIpc) is 2.80. The Kier molecular flexibility index (Phi) is 4.79. The van der Waals surface area contributed by atoms with Gasteiger partial charge >= 0.3 is 0 Å². The molecule has 3 nitrogen and oxygen atoms in total. The Bertz CT molecular complexity index is 415. The summed E-state index contributed by atoms with van der Waals surface area (Å²) in [4.78, 5) is 0. The van der Waals surface area contributed by atoms with E-state index in [1.807, 2.05) is 0 Å². The molecule has 106 valence electrons. The number of halogens is 2. The van der Waals surface area contributed by atoms with Crippen LogP contribution in [0.2, 0.25) is 5.02 Å². The molecule has 3 N–H and O–H groups in total. The van der Waals surface area contributed by atoms with Gasteiger partial charge in [-0.3, -0.25) is 0 Å². The highest BCUT2D eigenvalue weighted by Crippen LogP contribution is 2.28. The minimum atomic E-state index is -0.326. The number of nitrogens with one attached hydrogen (secondary N) is 1. The molecule has 0 aromatic heterocycles. The van der Waals surface area contributed by atoms with Crippen LogP contribution in [0, 0.1) is 5.82 Å². The lowest BCUT2D eigenvalue weighted by atomic mass is 10.0. The van der Waals surface area contributed by atoms with Crippen LogP contribution in [0.1, 0.15) is 31.4 Å². The van der Waals surface area contributed by atoms with E-state index < -0.39 is 0 Å². The van der Waals surface area contributed by atoms with Gasteiger partial charge in [-0.1, -0.05) is 17.7 Å². The molecule has 0 aliphatic carbocycles. The molecule has 5 heteroatoms. The molecule has 19 heavy (non-hydrogen) atoms. The van der Waals surface area contributed by atoms with Gasteiger partial charge in [0.25, 0.3) is 0 Å². The Labute approximate surface area is 118 Å². The molecular weight excluding hydrogens is 267 g/mol. The van der Waals surface area contributed by atoms with E-state index in [-0.39, 0.29) is 24.0 Å². The monoisotopic (exact) mass is 286 g/mol. The van der Waals surface area contributed by atoms with Crippen LogP contribution in [0.4, 0.5) is 4.39 Å². The Morgan fingerprint density at radius 2 is 2.37 bits per heavy atom. The molecule has 2 unspecified atom stereocenters. The Hall–Kier alpha value is -0.680. The van der Waals surface area contributed by atoms with Crippen LogP contribution in [0.3, 0.4) is 0 Å². The van der Waals surface area contributed by atoms with Crippen molar-refractivity contribution in [2.24, 2.45) is 5.73 Å². The third kappa shape index (κ3) is 3.45. The zero-order chi connectivity index (χ0) is 13.9. The minimum absolute atomic E-state index is 0.189. The first-order valence-corrected chi connectivity index (χ1v) is 6.95. The van der Waals surface area contributed by atoms with Crippen LogP contribution in [0.15, 0.2) is 18.2 Å². The van der Waals surface area contributed by atoms with E-state index in [4.69, 9.17) is 22.1 Å². The molecule has 1 aliphatic rings. The highest BCUT2D eigenvalue weighted by atomic mass is 35.5. The number of benzene rings is 1. The first kappa shape index (κ1) is 14.7. The Morgan fingerprint density at radius 1 is 1.58 bits per heavy atom. The first-order chi connectivity index (χ1) is 9.06. The summed E-state index contributed by atoms with van der Waals surface area (Å²) in [5, 5.41) is 3.68. The van der Waals surface area contributed by atoms with Gasteiger partial charge in [0, 0.05) is 36.3 Å². The third-order valence-corrected chi connectivity index (χ3v) is 3.94. The first-order valence-electron chi connectivity index (χ1n) is 6.57. The SMILES string of the molecule is CC1(CNC(CN)c2c(F)cccc2Cl)CCCO1. The lowest BCUT2D eigenvalue weighted by Gasteiger charge is -2.27. The minimum Gasteiger partial charge on any atom is -0.374 e. The fraction of sp³-hybridized carbons (Fsp3) is 0.571. The maximum atomic E-state index is 13.9. The predicted octanol–water partition coefficient (Wildman–Crippen LogP) is 2.64. The summed E-state index contributed by atoms with van der Waals surface area (Å²) in [6.07, 6.45) is 2.06. The number of hydrogen-bond donors (Lipinski definition) is 2. The van der Waals surface area contributed by atoms with Crippen LogP contribution in [0.5, 0.6) is 0 Å². The molecule has 1 aromatic rings. The molecule has 0 saturated carbocycles. The highest BCUT2D eigenvalue weighted by molar-refractivity contribution is 6.31. The topological polar surface area (TPSA) is 47.3 Å². The number of hydrogen-bond acceptors (Lipinski definition) is 3. The molecule has 1 aliphatic heterocycles. The van der Waals surface area contributed by atoms with E-state index in [0.717, 1.165) is 19.4 Å². The van der Waals surface area contributed by atoms with Crippen molar-refractivity contribution in [1.82, 2.24) is 5.32 Å². The van der Waals surface area contributed by atoms with Gasteiger partial charge in [-0.15, -0.1) is 0 Å². The second-order valence-electron chi connectivity index (χ2n) is 5.21. The summed E-state index contributed by atoms with van der Waals surface area (Å²) in [6.45, 7) is 3.77. The fourth-order valence-corrected chi connectivity index (χ4v) is 2.76. The van der Waals surface area contributed by atoms with Crippen LogP contribution in [-0.2, 0) is 4.74 Å². The molecule has 0 radical (unpaired) electrons. The van der Waals surface area contributed by atoms with Crippen molar-refractivity contribution in [1.29, 1.82) is 0 Å². The summed E-state index contributed by atoms with van der Waals surface area (Å²) < 4.78 is 19.6. The largest absolute Gasteiger partial charge is 0.374 e. The predicted molar refractivity (Wildman–Crippen MR) is 74.8 cm³/mol. The van der Waals surface area contributed by atoms with E-state index in [1.54, 1.807) is 12.1 Å². The summed E-state index contributed by atoms with van der Waals surface area (Å²) >= 11 is 6.07. The molecule has 1 heterocycles. The molecule has 0 amide bonds. The normalized spacial score (nSPS) is 24.6. The van der Waals surface area contributed by atoms with Crippen molar-refractivity contribution in [3.8, 4) is 0 Å². The van der Waals surface area contributed by atoms with E-state index in [9.17, 15) is 4.39 Å². The maximum absolute atomic E-state index is 13.9. The average molecular weight is 287 g/mol. The van der Waals surface area contributed by atoms with Gasteiger partial charge in [0.05, 0.1) is 5.60 Å². The molecule has 0 spiro atoms. The fourth-order valence-electron chi connectivity index (χ4n) is 2.46. The molecule has 1 fully saturated rings. The van der Waals surface area contributed by atoms with Gasteiger partial charge in [-0.05, 0) is 31.9 Å². The second kappa shape index (κ2) is 6.18.